The third kappa shape index (κ3) is 2.59. The predicted octanol–water partition coefficient (Wildman–Crippen LogP) is 2.03. The Morgan fingerprint density at radius 1 is 1.40 bits per heavy atom. The first-order valence-electron chi connectivity index (χ1n) is 6.72. The van der Waals surface area contributed by atoms with Gasteiger partial charge in [-0.1, -0.05) is 12.1 Å². The molecule has 0 aliphatic carbocycles. The first-order chi connectivity index (χ1) is 9.71. The van der Waals surface area contributed by atoms with Crippen molar-refractivity contribution in [2.75, 3.05) is 18.8 Å². The van der Waals surface area contributed by atoms with Gasteiger partial charge in [0.05, 0.1) is 0 Å². The normalized spacial score (nSPS) is 22.3. The predicted molar refractivity (Wildman–Crippen MR) is 77.5 cm³/mol. The average Bonchev–Trinajstić information content (AvgIpc) is 3.10. The maximum Gasteiger partial charge on any atom is 0.260 e. The number of aromatic nitrogens is 2. The summed E-state index contributed by atoms with van der Waals surface area (Å²) in [5, 5.41) is 17.4. The highest BCUT2D eigenvalue weighted by atomic mass is 32.2. The minimum Gasteiger partial charge on any atom is -0.379 e. The van der Waals surface area contributed by atoms with Gasteiger partial charge in [-0.25, -0.2) is 0 Å². The van der Waals surface area contributed by atoms with E-state index >= 15 is 0 Å². The molecular formula is C14H17N3O2S. The van der Waals surface area contributed by atoms with E-state index < -0.39 is 5.60 Å². The van der Waals surface area contributed by atoms with Crippen LogP contribution in [0, 0.1) is 0 Å². The van der Waals surface area contributed by atoms with E-state index in [0.717, 1.165) is 17.9 Å². The van der Waals surface area contributed by atoms with E-state index in [4.69, 9.17) is 4.52 Å². The highest BCUT2D eigenvalue weighted by Gasteiger charge is 2.38. The summed E-state index contributed by atoms with van der Waals surface area (Å²) in [5.74, 6) is 1.86. The number of thioether (sulfide) groups is 1. The van der Waals surface area contributed by atoms with Crippen molar-refractivity contribution < 1.29 is 9.63 Å². The van der Waals surface area contributed by atoms with Gasteiger partial charge < -0.3 is 14.9 Å². The van der Waals surface area contributed by atoms with Gasteiger partial charge in [-0.15, -0.1) is 11.8 Å². The number of β-amino-alcohol motifs (C(OH)–C–C–N with tert-alkyl or cyclic N) is 1. The molecule has 106 valence electrons. The Bertz CT molecular complexity index is 576. The molecule has 1 fully saturated rings. The van der Waals surface area contributed by atoms with Gasteiger partial charge in [-0.2, -0.15) is 4.98 Å². The summed E-state index contributed by atoms with van der Waals surface area (Å²) >= 11 is 1.79. The fourth-order valence-corrected chi connectivity index (χ4v) is 2.92. The molecule has 1 unspecified atom stereocenters. The molecule has 5 nitrogen and oxygen atoms in total. The lowest BCUT2D eigenvalue weighted by atomic mass is 10.0. The van der Waals surface area contributed by atoms with Gasteiger partial charge in [0.1, 0.15) is 0 Å². The van der Waals surface area contributed by atoms with E-state index in [1.807, 2.05) is 24.3 Å². The van der Waals surface area contributed by atoms with E-state index in [1.165, 1.54) is 4.90 Å². The molecule has 2 aromatic rings. The van der Waals surface area contributed by atoms with Crippen molar-refractivity contribution in [1.29, 1.82) is 0 Å². The van der Waals surface area contributed by atoms with Crippen molar-refractivity contribution in [1.82, 2.24) is 15.5 Å². The van der Waals surface area contributed by atoms with Crippen LogP contribution >= 0.6 is 11.8 Å². The Labute approximate surface area is 121 Å². The lowest BCUT2D eigenvalue weighted by Gasteiger charge is -2.14. The number of hydrogen-bond acceptors (Lipinski definition) is 6. The van der Waals surface area contributed by atoms with E-state index in [2.05, 4.69) is 22.4 Å². The van der Waals surface area contributed by atoms with Crippen LogP contribution in [0.5, 0.6) is 0 Å². The van der Waals surface area contributed by atoms with Crippen LogP contribution < -0.4 is 5.32 Å². The largest absolute Gasteiger partial charge is 0.379 e. The zero-order valence-electron chi connectivity index (χ0n) is 11.3. The van der Waals surface area contributed by atoms with E-state index in [9.17, 15) is 5.11 Å². The van der Waals surface area contributed by atoms with Gasteiger partial charge >= 0.3 is 0 Å². The van der Waals surface area contributed by atoms with Crippen LogP contribution in [0.3, 0.4) is 0 Å². The summed E-state index contributed by atoms with van der Waals surface area (Å²) in [6, 6.07) is 8.05. The molecule has 0 spiro atoms. The van der Waals surface area contributed by atoms with Crippen LogP contribution in [-0.2, 0) is 5.60 Å². The number of nitrogens with one attached hydrogen (secondary N) is 1. The zero-order valence-corrected chi connectivity index (χ0v) is 12.1. The van der Waals surface area contributed by atoms with Crippen LogP contribution in [0.2, 0.25) is 0 Å². The molecule has 0 amide bonds. The summed E-state index contributed by atoms with van der Waals surface area (Å²) < 4.78 is 5.23. The molecule has 0 saturated carbocycles. The molecule has 2 heterocycles. The Morgan fingerprint density at radius 2 is 2.20 bits per heavy atom. The van der Waals surface area contributed by atoms with Crippen LogP contribution in [0.4, 0.5) is 0 Å². The Kier molecular flexibility index (Phi) is 3.78. The van der Waals surface area contributed by atoms with Crippen LogP contribution in [-0.4, -0.2) is 34.1 Å². The van der Waals surface area contributed by atoms with E-state index in [-0.39, 0.29) is 0 Å². The van der Waals surface area contributed by atoms with Crippen molar-refractivity contribution >= 4 is 11.8 Å². The molecule has 1 aromatic heterocycles. The standard InChI is InChI=1S/C14H17N3O2S/c1-2-20-11-5-3-10(4-6-11)12-16-13(19-17-12)14(18)7-8-15-9-14/h3-6,15,18H,2,7-9H2,1H3. The Morgan fingerprint density at radius 3 is 2.85 bits per heavy atom. The molecular weight excluding hydrogens is 274 g/mol. The first-order valence-corrected chi connectivity index (χ1v) is 7.70. The average molecular weight is 291 g/mol. The summed E-state index contributed by atoms with van der Waals surface area (Å²) in [6.07, 6.45) is 0.598. The Hall–Kier alpha value is -1.37. The minimum absolute atomic E-state index is 0.296. The summed E-state index contributed by atoms with van der Waals surface area (Å²) in [6.45, 7) is 3.35. The molecule has 6 heteroatoms. The van der Waals surface area contributed by atoms with Crippen molar-refractivity contribution in [2.24, 2.45) is 0 Å². The van der Waals surface area contributed by atoms with Crippen molar-refractivity contribution in [3.05, 3.63) is 30.2 Å². The second kappa shape index (κ2) is 5.55. The molecule has 1 aliphatic heterocycles. The molecule has 2 N–H and O–H groups in total. The minimum atomic E-state index is -1.02. The molecule has 1 aromatic carbocycles. The van der Waals surface area contributed by atoms with Crippen molar-refractivity contribution in [3.63, 3.8) is 0 Å². The second-order valence-corrected chi connectivity index (χ2v) is 6.18. The summed E-state index contributed by atoms with van der Waals surface area (Å²) in [7, 11) is 0. The van der Waals surface area contributed by atoms with Gasteiger partial charge in [0.15, 0.2) is 5.60 Å². The fourth-order valence-electron chi connectivity index (χ4n) is 2.26. The molecule has 0 radical (unpaired) electrons. The van der Waals surface area contributed by atoms with Gasteiger partial charge in [0.25, 0.3) is 5.89 Å². The third-order valence-electron chi connectivity index (χ3n) is 3.38. The maximum absolute atomic E-state index is 10.4. The van der Waals surface area contributed by atoms with Gasteiger partial charge in [0, 0.05) is 17.0 Å². The number of hydrogen-bond donors (Lipinski definition) is 2. The molecule has 0 bridgehead atoms. The number of benzene rings is 1. The lowest BCUT2D eigenvalue weighted by Crippen LogP contribution is -2.28. The molecule has 3 rings (SSSR count). The van der Waals surface area contributed by atoms with Gasteiger partial charge in [0.2, 0.25) is 5.82 Å². The highest BCUT2D eigenvalue weighted by Crippen LogP contribution is 2.28. The Balaban J connectivity index is 1.82. The quantitative estimate of drug-likeness (QED) is 0.840. The maximum atomic E-state index is 10.4. The molecule has 1 atom stereocenters. The molecule has 20 heavy (non-hydrogen) atoms. The second-order valence-electron chi connectivity index (χ2n) is 4.84. The zero-order chi connectivity index (χ0) is 14.0. The molecule has 1 aliphatic rings. The topological polar surface area (TPSA) is 71.2 Å². The number of aliphatic hydroxyl groups is 1. The molecule has 1 saturated heterocycles. The summed E-state index contributed by atoms with van der Waals surface area (Å²) in [5.41, 5.74) is -0.126. The fraction of sp³-hybridized carbons (Fsp3) is 0.429. The van der Waals surface area contributed by atoms with Crippen LogP contribution in [0.1, 0.15) is 19.2 Å². The third-order valence-corrected chi connectivity index (χ3v) is 4.27. The summed E-state index contributed by atoms with van der Waals surface area (Å²) in [4.78, 5) is 5.56. The lowest BCUT2D eigenvalue weighted by molar-refractivity contribution is 0.0243. The van der Waals surface area contributed by atoms with Crippen molar-refractivity contribution in [3.8, 4) is 11.4 Å². The van der Waals surface area contributed by atoms with E-state index in [0.29, 0.717) is 24.7 Å². The van der Waals surface area contributed by atoms with Crippen molar-refractivity contribution in [2.45, 2.75) is 23.8 Å². The SMILES string of the molecule is CCSc1ccc(-c2noc(C3(O)CCNC3)n2)cc1. The van der Waals surface area contributed by atoms with Crippen LogP contribution in [0.15, 0.2) is 33.7 Å². The monoisotopic (exact) mass is 291 g/mol. The number of rotatable bonds is 4. The van der Waals surface area contributed by atoms with Crippen LogP contribution in [0.25, 0.3) is 11.4 Å². The van der Waals surface area contributed by atoms with E-state index in [1.54, 1.807) is 11.8 Å². The smallest absolute Gasteiger partial charge is 0.260 e. The van der Waals surface area contributed by atoms with Gasteiger partial charge in [-0.3, -0.25) is 0 Å². The van der Waals surface area contributed by atoms with Gasteiger partial charge in [-0.05, 0) is 43.0 Å². The number of nitrogens with zero attached hydrogens (tertiary/aromatic N) is 2. The first kappa shape index (κ1) is 13.6. The highest BCUT2D eigenvalue weighted by molar-refractivity contribution is 7.99.